The molecule has 0 radical (unpaired) electrons. The zero-order valence-electron chi connectivity index (χ0n) is 13.4. The Morgan fingerprint density at radius 1 is 1.21 bits per heavy atom. The fourth-order valence-corrected chi connectivity index (χ4v) is 2.53. The summed E-state index contributed by atoms with van der Waals surface area (Å²) in [5.74, 6) is 0.644. The predicted octanol–water partition coefficient (Wildman–Crippen LogP) is 3.77. The number of aromatic nitrogens is 1. The molecule has 1 aromatic heterocycles. The summed E-state index contributed by atoms with van der Waals surface area (Å²) in [6.07, 6.45) is -2.66. The number of nitrogens with zero attached hydrogens (tertiary/aromatic N) is 1. The molecule has 0 unspecified atom stereocenters. The molecular formula is C17H18ClF2NO3. The maximum Gasteiger partial charge on any atom is 0.269 e. The van der Waals surface area contributed by atoms with Gasteiger partial charge in [0.05, 0.1) is 18.8 Å². The van der Waals surface area contributed by atoms with Crippen molar-refractivity contribution >= 4 is 11.6 Å². The van der Waals surface area contributed by atoms with Crippen LogP contribution in [0.3, 0.4) is 0 Å². The van der Waals surface area contributed by atoms with Crippen molar-refractivity contribution in [1.82, 2.24) is 4.57 Å². The van der Waals surface area contributed by atoms with E-state index < -0.39 is 18.5 Å². The Hall–Kier alpha value is -1.92. The molecule has 0 bridgehead atoms. The summed E-state index contributed by atoms with van der Waals surface area (Å²) in [6.45, 7) is 1.99. The largest absolute Gasteiger partial charge is 0.491 e. The van der Waals surface area contributed by atoms with Crippen LogP contribution in [0.5, 0.6) is 5.75 Å². The van der Waals surface area contributed by atoms with E-state index in [0.717, 1.165) is 10.1 Å². The lowest BCUT2D eigenvalue weighted by atomic mass is 10.0. The summed E-state index contributed by atoms with van der Waals surface area (Å²) in [7, 11) is 1.58. The molecule has 1 heterocycles. The van der Waals surface area contributed by atoms with Gasteiger partial charge in [-0.05, 0) is 42.8 Å². The Balaban J connectivity index is 2.41. The number of ether oxygens (including phenoxy) is 2. The SMILES string of the molecule is COCCOc1ccc(-c2ccc(Cl)c(=O)n2CC(F)F)c(C)c1. The van der Waals surface area contributed by atoms with Crippen molar-refractivity contribution in [3.63, 3.8) is 0 Å². The van der Waals surface area contributed by atoms with Crippen LogP contribution in [0.1, 0.15) is 5.56 Å². The Labute approximate surface area is 143 Å². The number of hydrogen-bond acceptors (Lipinski definition) is 3. The number of alkyl halides is 2. The third-order valence-corrected chi connectivity index (χ3v) is 3.77. The Kier molecular flexibility index (Phi) is 6.34. The van der Waals surface area contributed by atoms with Crippen molar-refractivity contribution in [3.05, 3.63) is 51.3 Å². The minimum atomic E-state index is -2.66. The van der Waals surface area contributed by atoms with Crippen molar-refractivity contribution < 1.29 is 18.3 Å². The minimum Gasteiger partial charge on any atom is -0.491 e. The summed E-state index contributed by atoms with van der Waals surface area (Å²) in [4.78, 5) is 12.1. The highest BCUT2D eigenvalue weighted by Crippen LogP contribution is 2.27. The molecule has 4 nitrogen and oxygen atoms in total. The summed E-state index contributed by atoms with van der Waals surface area (Å²) in [5, 5.41) is -0.0865. The van der Waals surface area contributed by atoms with Crippen molar-refractivity contribution in [2.24, 2.45) is 0 Å². The van der Waals surface area contributed by atoms with Gasteiger partial charge in [0.25, 0.3) is 12.0 Å². The van der Waals surface area contributed by atoms with Crippen LogP contribution in [0.2, 0.25) is 5.02 Å². The van der Waals surface area contributed by atoms with E-state index >= 15 is 0 Å². The zero-order valence-corrected chi connectivity index (χ0v) is 14.1. The van der Waals surface area contributed by atoms with Crippen molar-refractivity contribution in [2.75, 3.05) is 20.3 Å². The molecule has 0 fully saturated rings. The van der Waals surface area contributed by atoms with E-state index in [4.69, 9.17) is 21.1 Å². The van der Waals surface area contributed by atoms with E-state index in [1.165, 1.54) is 6.07 Å². The lowest BCUT2D eigenvalue weighted by Gasteiger charge is -2.16. The van der Waals surface area contributed by atoms with Gasteiger partial charge in [-0.2, -0.15) is 0 Å². The number of rotatable bonds is 7. The second-order valence-electron chi connectivity index (χ2n) is 5.19. The molecule has 2 aromatic rings. The molecule has 0 atom stereocenters. The van der Waals surface area contributed by atoms with Gasteiger partial charge in [-0.1, -0.05) is 11.6 Å². The van der Waals surface area contributed by atoms with E-state index in [9.17, 15) is 13.6 Å². The highest BCUT2D eigenvalue weighted by molar-refractivity contribution is 6.30. The molecule has 0 aliphatic carbocycles. The molecule has 0 saturated heterocycles. The van der Waals surface area contributed by atoms with Crippen molar-refractivity contribution in [3.8, 4) is 17.0 Å². The molecule has 0 saturated carbocycles. The van der Waals surface area contributed by atoms with Crippen LogP contribution in [-0.2, 0) is 11.3 Å². The maximum absolute atomic E-state index is 12.8. The summed E-state index contributed by atoms with van der Waals surface area (Å²) in [6, 6.07) is 8.24. The number of pyridine rings is 1. The van der Waals surface area contributed by atoms with Crippen LogP contribution in [-0.4, -0.2) is 31.3 Å². The average molecular weight is 358 g/mol. The van der Waals surface area contributed by atoms with Gasteiger partial charge < -0.3 is 14.0 Å². The molecule has 7 heteroatoms. The Bertz CT molecular complexity index is 762. The molecule has 0 N–H and O–H groups in total. The van der Waals surface area contributed by atoms with Crippen LogP contribution < -0.4 is 10.3 Å². The summed E-state index contributed by atoms with van der Waals surface area (Å²) >= 11 is 5.78. The van der Waals surface area contributed by atoms with Gasteiger partial charge in [-0.15, -0.1) is 0 Å². The number of hydrogen-bond donors (Lipinski definition) is 0. The lowest BCUT2D eigenvalue weighted by molar-refractivity contribution is 0.126. The first-order valence-corrected chi connectivity index (χ1v) is 7.72. The monoisotopic (exact) mass is 357 g/mol. The van der Waals surface area contributed by atoms with Gasteiger partial charge >= 0.3 is 0 Å². The molecule has 0 aliphatic heterocycles. The lowest BCUT2D eigenvalue weighted by Crippen LogP contribution is -2.25. The summed E-state index contributed by atoms with van der Waals surface area (Å²) in [5.41, 5.74) is 1.23. The van der Waals surface area contributed by atoms with Gasteiger partial charge in [-0.3, -0.25) is 4.79 Å². The normalized spacial score (nSPS) is 11.1. The third-order valence-electron chi connectivity index (χ3n) is 3.48. The number of halogens is 3. The van der Waals surface area contributed by atoms with Gasteiger partial charge in [-0.25, -0.2) is 8.78 Å². The zero-order chi connectivity index (χ0) is 17.7. The number of aryl methyl sites for hydroxylation is 1. The van der Waals surface area contributed by atoms with Crippen LogP contribution >= 0.6 is 11.6 Å². The van der Waals surface area contributed by atoms with Crippen LogP contribution in [0.4, 0.5) is 8.78 Å². The molecule has 24 heavy (non-hydrogen) atoms. The van der Waals surface area contributed by atoms with E-state index in [-0.39, 0.29) is 5.02 Å². The highest BCUT2D eigenvalue weighted by atomic mass is 35.5. The van der Waals surface area contributed by atoms with Crippen molar-refractivity contribution in [2.45, 2.75) is 19.9 Å². The summed E-state index contributed by atoms with van der Waals surface area (Å²) < 4.78 is 37.1. The molecule has 130 valence electrons. The van der Waals surface area contributed by atoms with E-state index in [0.29, 0.717) is 30.2 Å². The Morgan fingerprint density at radius 2 is 1.96 bits per heavy atom. The fraction of sp³-hybridized carbons (Fsp3) is 0.353. The Morgan fingerprint density at radius 3 is 2.58 bits per heavy atom. The standard InChI is InChI=1S/C17H18ClF2NO3/c1-11-9-12(24-8-7-23-2)3-4-13(11)15-6-5-14(18)17(22)21(15)10-16(19)20/h3-6,9,16H,7-8,10H2,1-2H3. The van der Waals surface area contributed by atoms with Gasteiger partial charge in [0.2, 0.25) is 0 Å². The number of methoxy groups -OCH3 is 1. The van der Waals surface area contributed by atoms with Crippen LogP contribution in [0.15, 0.2) is 35.1 Å². The van der Waals surface area contributed by atoms with E-state index in [1.807, 2.05) is 6.92 Å². The minimum absolute atomic E-state index is 0.0865. The second-order valence-corrected chi connectivity index (χ2v) is 5.60. The molecule has 2 rings (SSSR count). The average Bonchev–Trinajstić information content (AvgIpc) is 2.53. The second kappa shape index (κ2) is 8.26. The van der Waals surface area contributed by atoms with Gasteiger partial charge in [0, 0.05) is 12.7 Å². The highest BCUT2D eigenvalue weighted by Gasteiger charge is 2.15. The molecule has 0 amide bonds. The van der Waals surface area contributed by atoms with Gasteiger partial charge in [0.1, 0.15) is 17.4 Å². The van der Waals surface area contributed by atoms with Crippen LogP contribution in [0, 0.1) is 6.92 Å². The van der Waals surface area contributed by atoms with E-state index in [1.54, 1.807) is 31.4 Å². The first kappa shape index (κ1) is 18.4. The first-order chi connectivity index (χ1) is 11.4. The first-order valence-electron chi connectivity index (χ1n) is 7.34. The molecular weight excluding hydrogens is 340 g/mol. The fourth-order valence-electron chi connectivity index (χ4n) is 2.36. The topological polar surface area (TPSA) is 40.5 Å². The maximum atomic E-state index is 12.8. The molecule has 0 spiro atoms. The van der Waals surface area contributed by atoms with E-state index in [2.05, 4.69) is 0 Å². The molecule has 1 aromatic carbocycles. The molecule has 0 aliphatic rings. The van der Waals surface area contributed by atoms with Gasteiger partial charge in [0.15, 0.2) is 0 Å². The smallest absolute Gasteiger partial charge is 0.269 e. The third kappa shape index (κ3) is 4.33. The van der Waals surface area contributed by atoms with Crippen LogP contribution in [0.25, 0.3) is 11.3 Å². The number of benzene rings is 1. The quantitative estimate of drug-likeness (QED) is 0.708. The predicted molar refractivity (Wildman–Crippen MR) is 89.3 cm³/mol. The van der Waals surface area contributed by atoms with Crippen molar-refractivity contribution in [1.29, 1.82) is 0 Å².